The van der Waals surface area contributed by atoms with Crippen molar-refractivity contribution in [2.45, 2.75) is 49.3 Å². The molecule has 2 nitrogen and oxygen atoms in total. The summed E-state index contributed by atoms with van der Waals surface area (Å²) >= 11 is 5.21. The molecule has 110 valence electrons. The second-order valence-electron chi connectivity index (χ2n) is 5.11. The van der Waals surface area contributed by atoms with Crippen molar-refractivity contribution in [1.29, 1.82) is 0 Å². The van der Waals surface area contributed by atoms with Crippen molar-refractivity contribution >= 4 is 33.6 Å². The molecule has 2 rings (SSSR count). The van der Waals surface area contributed by atoms with Crippen LogP contribution in [-0.4, -0.2) is 34.0 Å². The number of benzene rings is 1. The van der Waals surface area contributed by atoms with Crippen molar-refractivity contribution < 1.29 is 4.79 Å². The number of thioether (sulfide) groups is 1. The summed E-state index contributed by atoms with van der Waals surface area (Å²) in [6, 6.07) is 8.74. The third-order valence-corrected chi connectivity index (χ3v) is 5.57. The first-order valence-electron chi connectivity index (χ1n) is 7.32. The largest absolute Gasteiger partial charge is 0.338 e. The molecule has 0 fully saturated rings. The van der Waals surface area contributed by atoms with Gasteiger partial charge in [0.05, 0.1) is 5.25 Å². The Morgan fingerprint density at radius 2 is 2.10 bits per heavy atom. The number of carbonyl (C=O) groups excluding carboxylic acids is 1. The molecule has 0 aromatic heterocycles. The van der Waals surface area contributed by atoms with Crippen LogP contribution in [0.5, 0.6) is 0 Å². The minimum absolute atomic E-state index is 0.0621. The van der Waals surface area contributed by atoms with Gasteiger partial charge in [-0.1, -0.05) is 48.0 Å². The number of hydrogen-bond acceptors (Lipinski definition) is 2. The molecule has 1 amide bonds. The Bertz CT molecular complexity index is 437. The number of hydrogen-bond donors (Lipinski definition) is 0. The molecule has 0 spiro atoms. The summed E-state index contributed by atoms with van der Waals surface area (Å²) in [5.41, 5.74) is 1.32. The number of amides is 1. The second kappa shape index (κ2) is 7.51. The fourth-order valence-corrected chi connectivity index (χ4v) is 4.45. The van der Waals surface area contributed by atoms with E-state index in [2.05, 4.69) is 58.9 Å². The lowest BCUT2D eigenvalue weighted by molar-refractivity contribution is -0.132. The smallest absolute Gasteiger partial charge is 0.236 e. The molecule has 0 aliphatic carbocycles. The van der Waals surface area contributed by atoms with Gasteiger partial charge in [0.25, 0.3) is 0 Å². The Kier molecular flexibility index (Phi) is 5.97. The third-order valence-electron chi connectivity index (χ3n) is 3.91. The van der Waals surface area contributed by atoms with E-state index in [1.807, 2.05) is 0 Å². The molecular weight excluding hydrogens is 334 g/mol. The van der Waals surface area contributed by atoms with E-state index in [9.17, 15) is 4.79 Å². The highest BCUT2D eigenvalue weighted by Crippen LogP contribution is 2.38. The number of alkyl halides is 1. The highest BCUT2D eigenvalue weighted by Gasteiger charge is 2.33. The minimum atomic E-state index is 0.0621. The normalized spacial score (nSPS) is 17.3. The van der Waals surface area contributed by atoms with Crippen LogP contribution in [0, 0.1) is 0 Å². The van der Waals surface area contributed by atoms with E-state index in [0.717, 1.165) is 31.1 Å². The Hall–Kier alpha value is -0.480. The highest BCUT2D eigenvalue weighted by atomic mass is 79.9. The van der Waals surface area contributed by atoms with Gasteiger partial charge in [0, 0.05) is 22.8 Å². The molecule has 1 aliphatic rings. The Morgan fingerprint density at radius 3 is 2.70 bits per heavy atom. The van der Waals surface area contributed by atoms with Gasteiger partial charge in [0.1, 0.15) is 0 Å². The first kappa shape index (κ1) is 15.9. The number of carbonyl (C=O) groups is 1. The topological polar surface area (TPSA) is 20.3 Å². The average molecular weight is 356 g/mol. The summed E-state index contributed by atoms with van der Waals surface area (Å²) < 4.78 is 0. The molecule has 1 unspecified atom stereocenters. The standard InChI is InChI=1S/C16H22BrNOS/c1-3-13(4-2)18(10-9-17)16(19)15-11-12-7-5-6-8-14(12)20-15/h5-8,13,15H,3-4,9-11H2,1-2H3. The quantitative estimate of drug-likeness (QED) is 0.715. The predicted octanol–water partition coefficient (Wildman–Crippen LogP) is 4.12. The van der Waals surface area contributed by atoms with Crippen molar-refractivity contribution in [2.24, 2.45) is 0 Å². The van der Waals surface area contributed by atoms with Crippen LogP contribution in [0.15, 0.2) is 29.2 Å². The summed E-state index contributed by atoms with van der Waals surface area (Å²) in [5.74, 6) is 0.305. The van der Waals surface area contributed by atoms with Gasteiger partial charge in [-0.2, -0.15) is 0 Å². The second-order valence-corrected chi connectivity index (χ2v) is 7.15. The highest BCUT2D eigenvalue weighted by molar-refractivity contribution is 9.09. The van der Waals surface area contributed by atoms with Gasteiger partial charge < -0.3 is 4.90 Å². The maximum absolute atomic E-state index is 12.8. The van der Waals surface area contributed by atoms with Gasteiger partial charge in [0.15, 0.2) is 0 Å². The van der Waals surface area contributed by atoms with Crippen molar-refractivity contribution in [3.8, 4) is 0 Å². The monoisotopic (exact) mass is 355 g/mol. The van der Waals surface area contributed by atoms with E-state index < -0.39 is 0 Å². The van der Waals surface area contributed by atoms with Crippen molar-refractivity contribution in [2.75, 3.05) is 11.9 Å². The van der Waals surface area contributed by atoms with Gasteiger partial charge >= 0.3 is 0 Å². The van der Waals surface area contributed by atoms with Crippen LogP contribution in [0.25, 0.3) is 0 Å². The fourth-order valence-electron chi connectivity index (χ4n) is 2.80. The van der Waals surface area contributed by atoms with Gasteiger partial charge in [-0.05, 0) is 30.9 Å². The van der Waals surface area contributed by atoms with Crippen molar-refractivity contribution in [3.05, 3.63) is 29.8 Å². The number of nitrogens with zero attached hydrogens (tertiary/aromatic N) is 1. The fraction of sp³-hybridized carbons (Fsp3) is 0.562. The zero-order chi connectivity index (χ0) is 14.5. The molecule has 20 heavy (non-hydrogen) atoms. The van der Waals surface area contributed by atoms with Crippen LogP contribution >= 0.6 is 27.7 Å². The SMILES string of the molecule is CCC(CC)N(CCBr)C(=O)C1Cc2ccccc2S1. The molecular formula is C16H22BrNOS. The lowest BCUT2D eigenvalue weighted by Crippen LogP contribution is -2.45. The van der Waals surface area contributed by atoms with Crippen molar-refractivity contribution in [3.63, 3.8) is 0 Å². The zero-order valence-corrected chi connectivity index (χ0v) is 14.5. The van der Waals surface area contributed by atoms with E-state index in [0.29, 0.717) is 11.9 Å². The van der Waals surface area contributed by atoms with Crippen LogP contribution in [-0.2, 0) is 11.2 Å². The molecule has 1 atom stereocenters. The molecule has 1 aromatic rings. The molecule has 1 heterocycles. The molecule has 0 saturated heterocycles. The van der Waals surface area contributed by atoms with Crippen LogP contribution in [0.1, 0.15) is 32.3 Å². The average Bonchev–Trinajstić information content (AvgIpc) is 2.90. The lowest BCUT2D eigenvalue weighted by Gasteiger charge is -2.32. The maximum Gasteiger partial charge on any atom is 0.236 e. The van der Waals surface area contributed by atoms with Crippen LogP contribution in [0.3, 0.4) is 0 Å². The molecule has 0 radical (unpaired) electrons. The lowest BCUT2D eigenvalue weighted by atomic mass is 10.1. The molecule has 0 N–H and O–H groups in total. The Morgan fingerprint density at radius 1 is 1.40 bits per heavy atom. The van der Waals surface area contributed by atoms with E-state index in [4.69, 9.17) is 0 Å². The maximum atomic E-state index is 12.8. The molecule has 1 aromatic carbocycles. The first-order valence-corrected chi connectivity index (χ1v) is 9.32. The molecule has 0 saturated carbocycles. The Balaban J connectivity index is 2.10. The van der Waals surface area contributed by atoms with E-state index in [1.54, 1.807) is 11.8 Å². The first-order chi connectivity index (χ1) is 9.71. The van der Waals surface area contributed by atoms with E-state index >= 15 is 0 Å². The number of rotatable bonds is 6. The summed E-state index contributed by atoms with van der Waals surface area (Å²) in [4.78, 5) is 16.2. The summed E-state index contributed by atoms with van der Waals surface area (Å²) in [6.45, 7) is 5.14. The summed E-state index contributed by atoms with van der Waals surface area (Å²) in [6.07, 6.45) is 2.93. The van der Waals surface area contributed by atoms with Gasteiger partial charge in [-0.25, -0.2) is 0 Å². The third kappa shape index (κ3) is 3.40. The van der Waals surface area contributed by atoms with Gasteiger partial charge in [-0.3, -0.25) is 4.79 Å². The van der Waals surface area contributed by atoms with Gasteiger partial charge in [-0.15, -0.1) is 11.8 Å². The van der Waals surface area contributed by atoms with Crippen LogP contribution in [0.2, 0.25) is 0 Å². The summed E-state index contributed by atoms with van der Waals surface area (Å²) in [5, 5.41) is 0.909. The predicted molar refractivity (Wildman–Crippen MR) is 89.7 cm³/mol. The van der Waals surface area contributed by atoms with Crippen LogP contribution in [0.4, 0.5) is 0 Å². The zero-order valence-electron chi connectivity index (χ0n) is 12.1. The number of fused-ring (bicyclic) bond motifs is 1. The molecule has 1 aliphatic heterocycles. The van der Waals surface area contributed by atoms with Crippen molar-refractivity contribution in [1.82, 2.24) is 4.90 Å². The van der Waals surface area contributed by atoms with E-state index in [1.165, 1.54) is 10.5 Å². The molecule has 0 bridgehead atoms. The number of halogens is 1. The minimum Gasteiger partial charge on any atom is -0.338 e. The van der Waals surface area contributed by atoms with Gasteiger partial charge in [0.2, 0.25) is 5.91 Å². The Labute approximate surface area is 134 Å². The molecule has 4 heteroatoms. The summed E-state index contributed by atoms with van der Waals surface area (Å²) in [7, 11) is 0. The van der Waals surface area contributed by atoms with Crippen LogP contribution < -0.4 is 0 Å². The van der Waals surface area contributed by atoms with E-state index in [-0.39, 0.29) is 5.25 Å².